The number of aryl methyl sites for hydroxylation is 1. The maximum atomic E-state index is 12.1. The Morgan fingerprint density at radius 2 is 1.64 bits per heavy atom. The van der Waals surface area contributed by atoms with E-state index in [1.165, 1.54) is 12.7 Å². The van der Waals surface area contributed by atoms with E-state index in [-0.39, 0.29) is 18.2 Å². The summed E-state index contributed by atoms with van der Waals surface area (Å²) in [5.74, 6) is 0.241. The zero-order valence-corrected chi connectivity index (χ0v) is 15.1. The van der Waals surface area contributed by atoms with E-state index in [1.807, 2.05) is 37.3 Å². The largest absolute Gasteiger partial charge is 0.495 e. The van der Waals surface area contributed by atoms with Gasteiger partial charge in [-0.25, -0.2) is 0 Å². The molecule has 2 N–H and O–H groups in total. The van der Waals surface area contributed by atoms with E-state index in [2.05, 4.69) is 24.5 Å². The average Bonchev–Trinajstić information content (AvgIpc) is 2.55. The summed E-state index contributed by atoms with van der Waals surface area (Å²) in [6.45, 7) is 6.14. The zero-order chi connectivity index (χ0) is 18.4. The summed E-state index contributed by atoms with van der Waals surface area (Å²) < 4.78 is 5.22. The lowest BCUT2D eigenvalue weighted by molar-refractivity contribution is -0.123. The molecule has 2 aromatic carbocycles. The van der Waals surface area contributed by atoms with Gasteiger partial charge in [0, 0.05) is 5.69 Å². The third-order valence-electron chi connectivity index (χ3n) is 3.81. The Morgan fingerprint density at radius 1 is 1.00 bits per heavy atom. The molecule has 0 unspecified atom stereocenters. The third kappa shape index (κ3) is 5.35. The Kier molecular flexibility index (Phi) is 6.17. The number of ether oxygens (including phenoxy) is 1. The van der Waals surface area contributed by atoms with Gasteiger partial charge >= 0.3 is 0 Å². The van der Waals surface area contributed by atoms with E-state index < -0.39 is 0 Å². The van der Waals surface area contributed by atoms with Crippen molar-refractivity contribution in [2.24, 2.45) is 0 Å². The Bertz CT molecular complexity index is 752. The molecule has 0 fully saturated rings. The van der Waals surface area contributed by atoms with Crippen molar-refractivity contribution < 1.29 is 14.3 Å². The van der Waals surface area contributed by atoms with Crippen molar-refractivity contribution in [3.63, 3.8) is 0 Å². The number of nitrogens with one attached hydrogen (secondary N) is 2. The van der Waals surface area contributed by atoms with Crippen LogP contribution in [0.5, 0.6) is 5.75 Å². The minimum atomic E-state index is -0.389. The smallest absolute Gasteiger partial charge is 0.233 e. The molecule has 2 aromatic rings. The van der Waals surface area contributed by atoms with E-state index >= 15 is 0 Å². The molecule has 0 radical (unpaired) electrons. The van der Waals surface area contributed by atoms with Gasteiger partial charge in [0.25, 0.3) is 0 Å². The van der Waals surface area contributed by atoms with Gasteiger partial charge < -0.3 is 15.4 Å². The molecule has 0 bridgehead atoms. The van der Waals surface area contributed by atoms with Crippen LogP contribution in [-0.4, -0.2) is 18.9 Å². The highest BCUT2D eigenvalue weighted by molar-refractivity contribution is 6.08. The van der Waals surface area contributed by atoms with Gasteiger partial charge in [0.2, 0.25) is 11.8 Å². The third-order valence-corrected chi connectivity index (χ3v) is 3.81. The molecule has 0 saturated heterocycles. The van der Waals surface area contributed by atoms with Crippen LogP contribution in [0.3, 0.4) is 0 Å². The summed E-state index contributed by atoms with van der Waals surface area (Å²) >= 11 is 0. The first-order chi connectivity index (χ1) is 11.9. The number of hydrogen-bond donors (Lipinski definition) is 2. The summed E-state index contributed by atoms with van der Waals surface area (Å²) in [5.41, 5.74) is 3.42. The van der Waals surface area contributed by atoms with E-state index in [0.29, 0.717) is 23.0 Å². The first kappa shape index (κ1) is 18.5. The number of rotatable bonds is 6. The van der Waals surface area contributed by atoms with Crippen LogP contribution < -0.4 is 15.4 Å². The monoisotopic (exact) mass is 340 g/mol. The molecule has 0 aromatic heterocycles. The molecule has 5 heteroatoms. The Balaban J connectivity index is 1.94. The first-order valence-corrected chi connectivity index (χ1v) is 8.23. The molecular weight excluding hydrogens is 316 g/mol. The fraction of sp³-hybridized carbons (Fsp3) is 0.300. The predicted octanol–water partition coefficient (Wildman–Crippen LogP) is 4.09. The van der Waals surface area contributed by atoms with Crippen LogP contribution in [0.1, 0.15) is 37.3 Å². The molecule has 2 amide bonds. The van der Waals surface area contributed by atoms with Crippen molar-refractivity contribution in [1.29, 1.82) is 0 Å². The van der Waals surface area contributed by atoms with Gasteiger partial charge in [0.15, 0.2) is 0 Å². The van der Waals surface area contributed by atoms with E-state index in [0.717, 1.165) is 5.56 Å². The number of hydrogen-bond acceptors (Lipinski definition) is 3. The summed E-state index contributed by atoms with van der Waals surface area (Å²) in [7, 11) is 1.54. The Morgan fingerprint density at radius 3 is 2.24 bits per heavy atom. The summed E-state index contributed by atoms with van der Waals surface area (Å²) in [6, 6.07) is 13.1. The van der Waals surface area contributed by atoms with Crippen molar-refractivity contribution in [3.05, 3.63) is 53.6 Å². The second kappa shape index (κ2) is 8.33. The van der Waals surface area contributed by atoms with Crippen LogP contribution in [0.2, 0.25) is 0 Å². The van der Waals surface area contributed by atoms with Crippen LogP contribution in [0.15, 0.2) is 42.5 Å². The van der Waals surface area contributed by atoms with Crippen LogP contribution >= 0.6 is 0 Å². The second-order valence-electron chi connectivity index (χ2n) is 6.25. The lowest BCUT2D eigenvalue weighted by Gasteiger charge is -2.11. The highest BCUT2D eigenvalue weighted by atomic mass is 16.5. The molecule has 0 heterocycles. The van der Waals surface area contributed by atoms with Gasteiger partial charge in [-0.3, -0.25) is 9.59 Å². The van der Waals surface area contributed by atoms with Crippen molar-refractivity contribution in [2.75, 3.05) is 17.7 Å². The summed E-state index contributed by atoms with van der Waals surface area (Å²) in [4.78, 5) is 24.2. The molecule has 0 atom stereocenters. The van der Waals surface area contributed by atoms with Gasteiger partial charge in [-0.05, 0) is 48.2 Å². The van der Waals surface area contributed by atoms with Crippen LogP contribution in [0, 0.1) is 6.92 Å². The van der Waals surface area contributed by atoms with E-state index in [1.54, 1.807) is 12.1 Å². The van der Waals surface area contributed by atoms with Crippen molar-refractivity contribution in [2.45, 2.75) is 33.1 Å². The number of methoxy groups -OCH3 is 1. The van der Waals surface area contributed by atoms with Crippen molar-refractivity contribution in [1.82, 2.24) is 0 Å². The molecular formula is C20H24N2O3. The highest BCUT2D eigenvalue weighted by Gasteiger charge is 2.12. The molecule has 0 aliphatic rings. The normalized spacial score (nSPS) is 10.4. The number of carbonyl (C=O) groups excluding carboxylic acids is 2. The standard InChI is InChI=1S/C20H24N2O3/c1-13(2)15-6-8-16(9-7-15)21-19(23)12-20(24)22-17-11-14(3)5-10-18(17)25-4/h5-11,13H,12H2,1-4H3,(H,21,23)(H,22,24). The van der Waals surface area contributed by atoms with Gasteiger partial charge in [0.05, 0.1) is 12.8 Å². The first-order valence-electron chi connectivity index (χ1n) is 8.23. The number of carbonyl (C=O) groups is 2. The van der Waals surface area contributed by atoms with Gasteiger partial charge in [0.1, 0.15) is 12.2 Å². The minimum Gasteiger partial charge on any atom is -0.495 e. The maximum Gasteiger partial charge on any atom is 0.233 e. The summed E-state index contributed by atoms with van der Waals surface area (Å²) in [5, 5.41) is 5.45. The van der Waals surface area contributed by atoms with E-state index in [9.17, 15) is 9.59 Å². The van der Waals surface area contributed by atoms with Crippen LogP contribution in [0.4, 0.5) is 11.4 Å². The Labute approximate surface area is 148 Å². The number of benzene rings is 2. The topological polar surface area (TPSA) is 67.4 Å². The molecule has 0 aliphatic heterocycles. The van der Waals surface area contributed by atoms with Crippen molar-refractivity contribution in [3.8, 4) is 5.75 Å². The quantitative estimate of drug-likeness (QED) is 0.778. The number of amides is 2. The maximum absolute atomic E-state index is 12.1. The molecule has 132 valence electrons. The fourth-order valence-electron chi connectivity index (χ4n) is 2.42. The molecule has 0 saturated carbocycles. The van der Waals surface area contributed by atoms with Crippen LogP contribution in [-0.2, 0) is 9.59 Å². The molecule has 25 heavy (non-hydrogen) atoms. The molecule has 0 spiro atoms. The van der Waals surface area contributed by atoms with Crippen LogP contribution in [0.25, 0.3) is 0 Å². The number of anilines is 2. The molecule has 2 rings (SSSR count). The average molecular weight is 340 g/mol. The molecule has 5 nitrogen and oxygen atoms in total. The Hall–Kier alpha value is -2.82. The zero-order valence-electron chi connectivity index (χ0n) is 15.1. The lowest BCUT2D eigenvalue weighted by atomic mass is 10.0. The fourth-order valence-corrected chi connectivity index (χ4v) is 2.42. The van der Waals surface area contributed by atoms with Gasteiger partial charge in [-0.1, -0.05) is 32.0 Å². The molecule has 0 aliphatic carbocycles. The second-order valence-corrected chi connectivity index (χ2v) is 6.25. The van der Waals surface area contributed by atoms with Gasteiger partial charge in [-0.2, -0.15) is 0 Å². The van der Waals surface area contributed by atoms with Gasteiger partial charge in [-0.15, -0.1) is 0 Å². The van der Waals surface area contributed by atoms with E-state index in [4.69, 9.17) is 4.74 Å². The lowest BCUT2D eigenvalue weighted by Crippen LogP contribution is -2.21. The summed E-state index contributed by atoms with van der Waals surface area (Å²) in [6.07, 6.45) is -0.261. The highest BCUT2D eigenvalue weighted by Crippen LogP contribution is 2.25. The predicted molar refractivity (Wildman–Crippen MR) is 100 cm³/mol. The minimum absolute atomic E-state index is 0.261. The van der Waals surface area contributed by atoms with Crippen molar-refractivity contribution >= 4 is 23.2 Å². The SMILES string of the molecule is COc1ccc(C)cc1NC(=O)CC(=O)Nc1ccc(C(C)C)cc1.